The van der Waals surface area contributed by atoms with Gasteiger partial charge in [0.05, 0.1) is 6.10 Å². The Morgan fingerprint density at radius 1 is 1.24 bits per heavy atom. The van der Waals surface area contributed by atoms with Crippen molar-refractivity contribution in [2.75, 3.05) is 6.54 Å². The van der Waals surface area contributed by atoms with Gasteiger partial charge in [-0.05, 0) is 43.9 Å². The highest BCUT2D eigenvalue weighted by Crippen LogP contribution is 2.18. The van der Waals surface area contributed by atoms with Gasteiger partial charge in [0.2, 0.25) is 0 Å². The summed E-state index contributed by atoms with van der Waals surface area (Å²) in [4.78, 5) is 0. The predicted octanol–water partition coefficient (Wildman–Crippen LogP) is 2.43. The highest BCUT2D eigenvalue weighted by molar-refractivity contribution is 5.25. The second-order valence-corrected chi connectivity index (χ2v) is 5.09. The first-order valence-corrected chi connectivity index (χ1v) is 6.73. The summed E-state index contributed by atoms with van der Waals surface area (Å²) < 4.78 is 0. The summed E-state index contributed by atoms with van der Waals surface area (Å²) in [6.07, 6.45) is 5.42. The molecule has 2 N–H and O–H groups in total. The molecule has 0 heterocycles. The van der Waals surface area contributed by atoms with Crippen molar-refractivity contribution in [3.8, 4) is 0 Å². The minimum Gasteiger partial charge on any atom is -0.392 e. The Kier molecular flexibility index (Phi) is 4.57. The number of aliphatic hydroxyl groups is 1. The molecule has 2 rings (SSSR count). The molecular weight excluding hydrogens is 210 g/mol. The summed E-state index contributed by atoms with van der Waals surface area (Å²) in [5, 5.41) is 13.4. The number of aliphatic hydroxyl groups excluding tert-OH is 1. The van der Waals surface area contributed by atoms with Crippen LogP contribution in [0.25, 0.3) is 0 Å². The molecule has 0 bridgehead atoms. The van der Waals surface area contributed by atoms with Crippen molar-refractivity contribution in [1.82, 2.24) is 5.32 Å². The largest absolute Gasteiger partial charge is 0.392 e. The van der Waals surface area contributed by atoms with Gasteiger partial charge < -0.3 is 10.4 Å². The van der Waals surface area contributed by atoms with E-state index in [1.165, 1.54) is 24.0 Å². The van der Waals surface area contributed by atoms with Crippen molar-refractivity contribution in [1.29, 1.82) is 0 Å². The summed E-state index contributed by atoms with van der Waals surface area (Å²) in [6, 6.07) is 8.83. The lowest BCUT2D eigenvalue weighted by Crippen LogP contribution is -2.42. The average Bonchev–Trinajstić information content (AvgIpc) is 2.34. The molecule has 0 amide bonds. The van der Waals surface area contributed by atoms with Crippen LogP contribution in [0.2, 0.25) is 0 Å². The number of hydrogen-bond donors (Lipinski definition) is 2. The molecule has 94 valence electrons. The second kappa shape index (κ2) is 6.18. The van der Waals surface area contributed by atoms with Gasteiger partial charge in [-0.25, -0.2) is 0 Å². The maximum Gasteiger partial charge on any atom is 0.0693 e. The molecule has 0 spiro atoms. The molecule has 0 saturated heterocycles. The van der Waals surface area contributed by atoms with Crippen molar-refractivity contribution in [3.63, 3.8) is 0 Å². The Hall–Kier alpha value is -0.860. The zero-order valence-corrected chi connectivity index (χ0v) is 10.7. The molecule has 0 radical (unpaired) electrons. The van der Waals surface area contributed by atoms with E-state index in [4.69, 9.17) is 0 Å². The van der Waals surface area contributed by atoms with Gasteiger partial charge in [0.1, 0.15) is 0 Å². The first-order chi connectivity index (χ1) is 8.27. The first kappa shape index (κ1) is 12.6. The number of nitrogens with one attached hydrogen (secondary N) is 1. The lowest BCUT2D eigenvalue weighted by molar-refractivity contribution is 0.0914. The van der Waals surface area contributed by atoms with Gasteiger partial charge in [-0.15, -0.1) is 0 Å². The van der Waals surface area contributed by atoms with Crippen LogP contribution in [0, 0.1) is 6.92 Å². The Morgan fingerprint density at radius 3 is 2.76 bits per heavy atom. The van der Waals surface area contributed by atoms with Crippen LogP contribution in [0.15, 0.2) is 24.3 Å². The summed E-state index contributed by atoms with van der Waals surface area (Å²) in [5.74, 6) is 0. The molecule has 1 fully saturated rings. The van der Waals surface area contributed by atoms with E-state index < -0.39 is 0 Å². The smallest absolute Gasteiger partial charge is 0.0693 e. The van der Waals surface area contributed by atoms with E-state index in [1.807, 2.05) is 0 Å². The monoisotopic (exact) mass is 233 g/mol. The van der Waals surface area contributed by atoms with Crippen LogP contribution in [-0.4, -0.2) is 23.8 Å². The summed E-state index contributed by atoms with van der Waals surface area (Å²) in [7, 11) is 0. The SMILES string of the molecule is Cc1ccccc1CCN[C@@H]1CCCC[C@H]1O. The lowest BCUT2D eigenvalue weighted by Gasteiger charge is -2.28. The fourth-order valence-corrected chi connectivity index (χ4v) is 2.63. The maximum absolute atomic E-state index is 9.86. The highest BCUT2D eigenvalue weighted by atomic mass is 16.3. The van der Waals surface area contributed by atoms with Crippen LogP contribution in [0.4, 0.5) is 0 Å². The van der Waals surface area contributed by atoms with Crippen molar-refractivity contribution in [2.45, 2.75) is 51.2 Å². The third kappa shape index (κ3) is 3.55. The molecule has 1 aromatic rings. The van der Waals surface area contributed by atoms with E-state index in [-0.39, 0.29) is 6.10 Å². The summed E-state index contributed by atoms with van der Waals surface area (Å²) >= 11 is 0. The molecule has 1 aliphatic carbocycles. The number of rotatable bonds is 4. The third-order valence-corrected chi connectivity index (χ3v) is 3.79. The molecule has 0 aliphatic heterocycles. The molecule has 1 aliphatic rings. The van der Waals surface area contributed by atoms with E-state index in [0.29, 0.717) is 6.04 Å². The molecular formula is C15H23NO. The maximum atomic E-state index is 9.86. The molecule has 2 atom stereocenters. The van der Waals surface area contributed by atoms with Crippen LogP contribution in [0.1, 0.15) is 36.8 Å². The molecule has 2 nitrogen and oxygen atoms in total. The highest BCUT2D eigenvalue weighted by Gasteiger charge is 2.21. The fraction of sp³-hybridized carbons (Fsp3) is 0.600. The Labute approximate surface area is 104 Å². The quantitative estimate of drug-likeness (QED) is 0.837. The molecule has 1 aromatic carbocycles. The van der Waals surface area contributed by atoms with Crippen LogP contribution < -0.4 is 5.32 Å². The standard InChI is InChI=1S/C15H23NO/c1-12-6-2-3-7-13(12)10-11-16-14-8-4-5-9-15(14)17/h2-3,6-7,14-17H,4-5,8-11H2,1H3/t14-,15-/m1/s1. The van der Waals surface area contributed by atoms with Gasteiger partial charge in [0, 0.05) is 6.04 Å². The lowest BCUT2D eigenvalue weighted by atomic mass is 9.92. The number of hydrogen-bond acceptors (Lipinski definition) is 2. The van der Waals surface area contributed by atoms with Crippen LogP contribution in [-0.2, 0) is 6.42 Å². The van der Waals surface area contributed by atoms with E-state index in [0.717, 1.165) is 25.8 Å². The van der Waals surface area contributed by atoms with E-state index in [1.54, 1.807) is 0 Å². The van der Waals surface area contributed by atoms with Gasteiger partial charge in [-0.2, -0.15) is 0 Å². The zero-order chi connectivity index (χ0) is 12.1. The van der Waals surface area contributed by atoms with Gasteiger partial charge in [-0.1, -0.05) is 37.1 Å². The minimum atomic E-state index is -0.138. The summed E-state index contributed by atoms with van der Waals surface area (Å²) in [5.41, 5.74) is 2.77. The molecule has 0 aromatic heterocycles. The second-order valence-electron chi connectivity index (χ2n) is 5.09. The predicted molar refractivity (Wildman–Crippen MR) is 71.1 cm³/mol. The Morgan fingerprint density at radius 2 is 2.00 bits per heavy atom. The van der Waals surface area contributed by atoms with Gasteiger partial charge in [0.25, 0.3) is 0 Å². The van der Waals surface area contributed by atoms with Crippen molar-refractivity contribution in [2.24, 2.45) is 0 Å². The molecule has 17 heavy (non-hydrogen) atoms. The summed E-state index contributed by atoms with van der Waals surface area (Å²) in [6.45, 7) is 3.12. The molecule has 2 heteroatoms. The normalized spacial score (nSPS) is 24.8. The van der Waals surface area contributed by atoms with E-state index in [9.17, 15) is 5.11 Å². The van der Waals surface area contributed by atoms with Crippen LogP contribution >= 0.6 is 0 Å². The van der Waals surface area contributed by atoms with Gasteiger partial charge in [0.15, 0.2) is 0 Å². The van der Waals surface area contributed by atoms with Gasteiger partial charge in [-0.3, -0.25) is 0 Å². The average molecular weight is 233 g/mol. The third-order valence-electron chi connectivity index (χ3n) is 3.79. The number of aryl methyl sites for hydroxylation is 1. The van der Waals surface area contributed by atoms with E-state index in [2.05, 4.69) is 36.5 Å². The Bertz CT molecular complexity index is 351. The van der Waals surface area contributed by atoms with Crippen LogP contribution in [0.5, 0.6) is 0 Å². The molecule has 0 unspecified atom stereocenters. The van der Waals surface area contributed by atoms with Crippen LogP contribution in [0.3, 0.4) is 0 Å². The van der Waals surface area contributed by atoms with Gasteiger partial charge >= 0.3 is 0 Å². The Balaban J connectivity index is 1.77. The topological polar surface area (TPSA) is 32.3 Å². The fourth-order valence-electron chi connectivity index (χ4n) is 2.63. The first-order valence-electron chi connectivity index (χ1n) is 6.73. The minimum absolute atomic E-state index is 0.138. The zero-order valence-electron chi connectivity index (χ0n) is 10.7. The molecule has 1 saturated carbocycles. The van der Waals surface area contributed by atoms with Crippen molar-refractivity contribution < 1.29 is 5.11 Å². The number of benzene rings is 1. The van der Waals surface area contributed by atoms with Crippen molar-refractivity contribution >= 4 is 0 Å². The van der Waals surface area contributed by atoms with E-state index >= 15 is 0 Å². The van der Waals surface area contributed by atoms with Crippen molar-refractivity contribution in [3.05, 3.63) is 35.4 Å².